The van der Waals surface area contributed by atoms with Crippen molar-refractivity contribution in [1.82, 2.24) is 0 Å². The predicted molar refractivity (Wildman–Crippen MR) is 122 cm³/mol. The van der Waals surface area contributed by atoms with Crippen molar-refractivity contribution in [2.75, 3.05) is 25.1 Å². The number of anilines is 1. The van der Waals surface area contributed by atoms with Crippen LogP contribution in [0.25, 0.3) is 10.8 Å². The Labute approximate surface area is 187 Å². The zero-order valence-corrected chi connectivity index (χ0v) is 18.6. The lowest BCUT2D eigenvalue weighted by Gasteiger charge is -2.36. The molecule has 1 saturated heterocycles. The summed E-state index contributed by atoms with van der Waals surface area (Å²) in [4.78, 5) is 13.2. The van der Waals surface area contributed by atoms with Crippen LogP contribution in [0.1, 0.15) is 32.6 Å². The van der Waals surface area contributed by atoms with Gasteiger partial charge in [-0.15, -0.1) is 0 Å². The SMILES string of the molecule is CC(C)COc1ccc(NC(=O)C2(C)COC(c3ccccc3F)OC2)c2ccccc12. The van der Waals surface area contributed by atoms with Crippen LogP contribution in [-0.4, -0.2) is 25.7 Å². The second-order valence-corrected chi connectivity index (χ2v) is 8.85. The maximum atomic E-state index is 14.0. The Bertz CT molecular complexity index is 1110. The molecule has 168 valence electrons. The van der Waals surface area contributed by atoms with Gasteiger partial charge >= 0.3 is 0 Å². The Kier molecular flexibility index (Phi) is 6.44. The summed E-state index contributed by atoms with van der Waals surface area (Å²) >= 11 is 0. The van der Waals surface area contributed by atoms with Crippen LogP contribution < -0.4 is 10.1 Å². The molecule has 1 aliphatic rings. The summed E-state index contributed by atoms with van der Waals surface area (Å²) in [6.45, 7) is 6.83. The molecule has 6 heteroatoms. The van der Waals surface area contributed by atoms with Gasteiger partial charge in [0.15, 0.2) is 6.29 Å². The summed E-state index contributed by atoms with van der Waals surface area (Å²) in [6, 6.07) is 17.9. The Morgan fingerprint density at radius 1 is 1.06 bits per heavy atom. The van der Waals surface area contributed by atoms with E-state index in [9.17, 15) is 9.18 Å². The molecule has 5 nitrogen and oxygen atoms in total. The number of hydrogen-bond acceptors (Lipinski definition) is 4. The third-order valence-electron chi connectivity index (χ3n) is 5.52. The normalized spacial score (nSPS) is 21.0. The van der Waals surface area contributed by atoms with Crippen molar-refractivity contribution in [3.63, 3.8) is 0 Å². The average molecular weight is 438 g/mol. The molecule has 0 radical (unpaired) electrons. The van der Waals surface area contributed by atoms with Crippen LogP contribution >= 0.6 is 0 Å². The first-order chi connectivity index (χ1) is 15.4. The molecule has 0 aromatic heterocycles. The van der Waals surface area contributed by atoms with Gasteiger partial charge in [-0.2, -0.15) is 0 Å². The predicted octanol–water partition coefficient (Wildman–Crippen LogP) is 5.70. The molecule has 0 spiro atoms. The van der Waals surface area contributed by atoms with Gasteiger partial charge in [0.1, 0.15) is 11.6 Å². The molecule has 1 amide bonds. The largest absolute Gasteiger partial charge is 0.493 e. The van der Waals surface area contributed by atoms with E-state index in [1.54, 1.807) is 25.1 Å². The van der Waals surface area contributed by atoms with Crippen molar-refractivity contribution in [1.29, 1.82) is 0 Å². The molecule has 0 aliphatic carbocycles. The van der Waals surface area contributed by atoms with Crippen molar-refractivity contribution >= 4 is 22.4 Å². The van der Waals surface area contributed by atoms with Gasteiger partial charge in [-0.1, -0.05) is 56.3 Å². The maximum absolute atomic E-state index is 14.0. The average Bonchev–Trinajstić information content (AvgIpc) is 2.79. The van der Waals surface area contributed by atoms with Gasteiger partial charge in [0, 0.05) is 22.0 Å². The van der Waals surface area contributed by atoms with E-state index < -0.39 is 17.5 Å². The molecule has 32 heavy (non-hydrogen) atoms. The molecule has 0 unspecified atom stereocenters. The van der Waals surface area contributed by atoms with Gasteiger partial charge in [-0.05, 0) is 31.0 Å². The van der Waals surface area contributed by atoms with Gasteiger partial charge in [0.25, 0.3) is 0 Å². The molecule has 1 aliphatic heterocycles. The van der Waals surface area contributed by atoms with Gasteiger partial charge in [0.2, 0.25) is 5.91 Å². The fourth-order valence-corrected chi connectivity index (χ4v) is 3.62. The minimum Gasteiger partial charge on any atom is -0.493 e. The van der Waals surface area contributed by atoms with Gasteiger partial charge in [0.05, 0.1) is 25.2 Å². The van der Waals surface area contributed by atoms with Crippen LogP contribution in [0.4, 0.5) is 10.1 Å². The Morgan fingerprint density at radius 2 is 1.72 bits per heavy atom. The monoisotopic (exact) mass is 437 g/mol. The first kappa shape index (κ1) is 22.2. The van der Waals surface area contributed by atoms with Crippen molar-refractivity contribution in [3.8, 4) is 5.75 Å². The topological polar surface area (TPSA) is 56.8 Å². The first-order valence-corrected chi connectivity index (χ1v) is 10.8. The van der Waals surface area contributed by atoms with E-state index in [2.05, 4.69) is 19.2 Å². The van der Waals surface area contributed by atoms with Crippen LogP contribution in [0.3, 0.4) is 0 Å². The number of carbonyl (C=O) groups excluding carboxylic acids is 1. The lowest BCUT2D eigenvalue weighted by atomic mass is 9.90. The lowest BCUT2D eigenvalue weighted by molar-refractivity contribution is -0.227. The molecule has 1 N–H and O–H groups in total. The molecule has 4 rings (SSSR count). The highest BCUT2D eigenvalue weighted by molar-refractivity contribution is 6.05. The Hall–Kier alpha value is -2.96. The van der Waals surface area contributed by atoms with E-state index >= 15 is 0 Å². The van der Waals surface area contributed by atoms with E-state index in [4.69, 9.17) is 14.2 Å². The molecule has 0 saturated carbocycles. The quantitative estimate of drug-likeness (QED) is 0.537. The molecule has 1 heterocycles. The summed E-state index contributed by atoms with van der Waals surface area (Å²) in [5.74, 6) is 0.588. The van der Waals surface area contributed by atoms with E-state index in [0.29, 0.717) is 23.8 Å². The van der Waals surface area contributed by atoms with Crippen molar-refractivity contribution in [2.45, 2.75) is 27.1 Å². The Morgan fingerprint density at radius 3 is 2.41 bits per heavy atom. The standard InChI is InChI=1S/C26H28FNO4/c1-17(2)14-30-23-13-12-22(18-8-4-5-9-19(18)23)28-25(29)26(3)15-31-24(32-16-26)20-10-6-7-11-21(20)27/h4-13,17,24H,14-16H2,1-3H3,(H,28,29). The summed E-state index contributed by atoms with van der Waals surface area (Å²) in [5.41, 5.74) is 0.119. The summed E-state index contributed by atoms with van der Waals surface area (Å²) in [6.07, 6.45) is -0.824. The third kappa shape index (κ3) is 4.61. The van der Waals surface area contributed by atoms with Crippen LogP contribution in [0.5, 0.6) is 5.75 Å². The molecular weight excluding hydrogens is 409 g/mol. The van der Waals surface area contributed by atoms with Crippen LogP contribution in [0.2, 0.25) is 0 Å². The summed E-state index contributed by atoms with van der Waals surface area (Å²) < 4.78 is 31.5. The second kappa shape index (κ2) is 9.27. The summed E-state index contributed by atoms with van der Waals surface area (Å²) in [7, 11) is 0. The van der Waals surface area contributed by atoms with E-state index in [1.165, 1.54) is 6.07 Å². The zero-order chi connectivity index (χ0) is 22.7. The minimum absolute atomic E-state index is 0.116. The van der Waals surface area contributed by atoms with Crippen molar-refractivity contribution in [2.24, 2.45) is 11.3 Å². The number of amides is 1. The third-order valence-corrected chi connectivity index (χ3v) is 5.52. The highest BCUT2D eigenvalue weighted by Crippen LogP contribution is 2.36. The maximum Gasteiger partial charge on any atom is 0.235 e. The first-order valence-electron chi connectivity index (χ1n) is 10.8. The fourth-order valence-electron chi connectivity index (χ4n) is 3.62. The molecule has 3 aromatic carbocycles. The number of halogens is 1. The van der Waals surface area contributed by atoms with Crippen molar-refractivity contribution < 1.29 is 23.4 Å². The van der Waals surface area contributed by atoms with Gasteiger partial charge in [-0.3, -0.25) is 4.79 Å². The van der Waals surface area contributed by atoms with E-state index in [-0.39, 0.29) is 19.1 Å². The van der Waals surface area contributed by atoms with Gasteiger partial charge < -0.3 is 19.5 Å². The number of hydrogen-bond donors (Lipinski definition) is 1. The smallest absolute Gasteiger partial charge is 0.235 e. The highest BCUT2D eigenvalue weighted by Gasteiger charge is 2.40. The summed E-state index contributed by atoms with van der Waals surface area (Å²) in [5, 5.41) is 4.86. The van der Waals surface area contributed by atoms with Crippen molar-refractivity contribution in [3.05, 3.63) is 72.0 Å². The lowest BCUT2D eigenvalue weighted by Crippen LogP contribution is -2.45. The van der Waals surface area contributed by atoms with Crippen LogP contribution in [0, 0.1) is 17.2 Å². The number of benzene rings is 3. The van der Waals surface area contributed by atoms with Gasteiger partial charge in [-0.25, -0.2) is 4.39 Å². The van der Waals surface area contributed by atoms with Crippen LogP contribution in [-0.2, 0) is 14.3 Å². The molecule has 0 bridgehead atoms. The van der Waals surface area contributed by atoms with E-state index in [0.717, 1.165) is 16.5 Å². The minimum atomic E-state index is -0.907. The molecule has 3 aromatic rings. The Balaban J connectivity index is 1.49. The van der Waals surface area contributed by atoms with Crippen LogP contribution in [0.15, 0.2) is 60.7 Å². The highest BCUT2D eigenvalue weighted by atomic mass is 19.1. The zero-order valence-electron chi connectivity index (χ0n) is 18.6. The number of rotatable bonds is 6. The molecule has 0 atom stereocenters. The second-order valence-electron chi connectivity index (χ2n) is 8.85. The molecular formula is C26H28FNO4. The van der Waals surface area contributed by atoms with E-state index in [1.807, 2.05) is 36.4 Å². The number of nitrogens with one attached hydrogen (secondary N) is 1. The fraction of sp³-hybridized carbons (Fsp3) is 0.346. The number of fused-ring (bicyclic) bond motifs is 1. The molecule has 1 fully saturated rings. The number of ether oxygens (including phenoxy) is 3. The number of carbonyl (C=O) groups is 1.